The molecule has 0 fully saturated rings. The zero-order valence-electron chi connectivity index (χ0n) is 16.9. The molecular formula is C22H24Cl2N2O3S. The number of hydrogen-bond donors (Lipinski definition) is 3. The van der Waals surface area contributed by atoms with Crippen molar-refractivity contribution in [2.75, 3.05) is 5.32 Å². The summed E-state index contributed by atoms with van der Waals surface area (Å²) in [5.74, 6) is 0.140. The third-order valence-electron chi connectivity index (χ3n) is 5.48. The highest BCUT2D eigenvalue weighted by Gasteiger charge is 2.40. The number of sulfonamides is 1. The molecule has 2 aromatic rings. The average molecular weight is 467 g/mol. The maximum atomic E-state index is 12.8. The SMILES string of the molecule is CC(C)(C)NS(=O)(=O)c1ccc2c(c1)C1C=CCC1C(c1cc(Cl)cc(Cl)c1O)N2. The number of fused-ring (bicyclic) bond motifs is 3. The lowest BCUT2D eigenvalue weighted by Gasteiger charge is -2.38. The fourth-order valence-electron chi connectivity index (χ4n) is 4.33. The minimum atomic E-state index is -3.64. The first kappa shape index (κ1) is 21.5. The Morgan fingerprint density at radius 3 is 2.57 bits per heavy atom. The van der Waals surface area contributed by atoms with E-state index >= 15 is 0 Å². The number of rotatable bonds is 3. The minimum Gasteiger partial charge on any atom is -0.506 e. The summed E-state index contributed by atoms with van der Waals surface area (Å²) >= 11 is 12.3. The number of benzene rings is 2. The highest BCUT2D eigenvalue weighted by Crippen LogP contribution is 2.52. The van der Waals surface area contributed by atoms with Crippen LogP contribution in [0.25, 0.3) is 0 Å². The van der Waals surface area contributed by atoms with Crippen LogP contribution in [0.15, 0.2) is 47.4 Å². The Morgan fingerprint density at radius 2 is 1.87 bits per heavy atom. The summed E-state index contributed by atoms with van der Waals surface area (Å²) in [4.78, 5) is 0.240. The van der Waals surface area contributed by atoms with E-state index in [4.69, 9.17) is 23.2 Å². The van der Waals surface area contributed by atoms with E-state index in [2.05, 4.69) is 22.2 Å². The molecule has 4 rings (SSSR count). The molecule has 3 N–H and O–H groups in total. The summed E-state index contributed by atoms with van der Waals surface area (Å²) in [6.45, 7) is 5.44. The van der Waals surface area contributed by atoms with Crippen molar-refractivity contribution >= 4 is 38.9 Å². The van der Waals surface area contributed by atoms with Gasteiger partial charge < -0.3 is 10.4 Å². The smallest absolute Gasteiger partial charge is 0.241 e. The lowest BCUT2D eigenvalue weighted by Crippen LogP contribution is -2.40. The van der Waals surface area contributed by atoms with Gasteiger partial charge in [-0.15, -0.1) is 0 Å². The molecule has 0 radical (unpaired) electrons. The van der Waals surface area contributed by atoms with Gasteiger partial charge in [0.15, 0.2) is 0 Å². The second-order valence-corrected chi connectivity index (χ2v) is 11.4. The molecule has 3 atom stereocenters. The molecule has 2 aliphatic rings. The molecular weight excluding hydrogens is 443 g/mol. The summed E-state index contributed by atoms with van der Waals surface area (Å²) in [6, 6.07) is 8.16. The fraction of sp³-hybridized carbons (Fsp3) is 0.364. The maximum Gasteiger partial charge on any atom is 0.241 e. The van der Waals surface area contributed by atoms with E-state index in [0.29, 0.717) is 10.6 Å². The molecule has 30 heavy (non-hydrogen) atoms. The van der Waals surface area contributed by atoms with E-state index in [1.165, 1.54) is 6.07 Å². The third-order valence-corrected chi connectivity index (χ3v) is 7.74. The molecule has 3 unspecified atom stereocenters. The number of phenols is 1. The van der Waals surface area contributed by atoms with Crippen molar-refractivity contribution in [3.8, 4) is 5.75 Å². The van der Waals surface area contributed by atoms with Crippen LogP contribution < -0.4 is 10.0 Å². The molecule has 0 bridgehead atoms. The first-order valence-corrected chi connectivity index (χ1v) is 12.0. The summed E-state index contributed by atoms with van der Waals surface area (Å²) in [7, 11) is -3.64. The number of anilines is 1. The van der Waals surface area contributed by atoms with Crippen LogP contribution in [0.2, 0.25) is 10.0 Å². The van der Waals surface area contributed by atoms with Gasteiger partial charge in [0.05, 0.1) is 16.0 Å². The molecule has 8 heteroatoms. The van der Waals surface area contributed by atoms with Gasteiger partial charge in [-0.1, -0.05) is 35.4 Å². The zero-order valence-corrected chi connectivity index (χ0v) is 19.2. The van der Waals surface area contributed by atoms with Crippen molar-refractivity contribution in [1.29, 1.82) is 0 Å². The van der Waals surface area contributed by atoms with Crippen molar-refractivity contribution < 1.29 is 13.5 Å². The van der Waals surface area contributed by atoms with Gasteiger partial charge in [-0.05, 0) is 69.0 Å². The highest BCUT2D eigenvalue weighted by atomic mass is 35.5. The van der Waals surface area contributed by atoms with Crippen LogP contribution in [0.1, 0.15) is 50.3 Å². The summed E-state index contributed by atoms with van der Waals surface area (Å²) < 4.78 is 28.3. The highest BCUT2D eigenvalue weighted by molar-refractivity contribution is 7.89. The number of nitrogens with one attached hydrogen (secondary N) is 2. The van der Waals surface area contributed by atoms with E-state index in [0.717, 1.165) is 17.7 Å². The summed E-state index contributed by atoms with van der Waals surface area (Å²) in [6.07, 6.45) is 4.99. The van der Waals surface area contributed by atoms with Gasteiger partial charge in [0.1, 0.15) is 5.75 Å². The number of phenolic OH excluding ortho intramolecular Hbond substituents is 1. The normalized spacial score (nSPS) is 23.0. The van der Waals surface area contributed by atoms with Crippen molar-refractivity contribution in [2.24, 2.45) is 5.92 Å². The average Bonchev–Trinajstić information content (AvgIpc) is 3.12. The van der Waals surface area contributed by atoms with Gasteiger partial charge in [-0.2, -0.15) is 0 Å². The van der Waals surface area contributed by atoms with Crippen molar-refractivity contribution in [3.05, 3.63) is 63.7 Å². The van der Waals surface area contributed by atoms with Crippen molar-refractivity contribution in [1.82, 2.24) is 4.72 Å². The maximum absolute atomic E-state index is 12.8. The molecule has 2 aromatic carbocycles. The largest absolute Gasteiger partial charge is 0.506 e. The third kappa shape index (κ3) is 3.94. The van der Waals surface area contributed by atoms with Crippen LogP contribution in [-0.4, -0.2) is 19.1 Å². The molecule has 1 heterocycles. The summed E-state index contributed by atoms with van der Waals surface area (Å²) in [5, 5.41) is 14.7. The van der Waals surface area contributed by atoms with Gasteiger partial charge in [0.25, 0.3) is 0 Å². The molecule has 0 saturated heterocycles. The van der Waals surface area contributed by atoms with Gasteiger partial charge in [-0.25, -0.2) is 13.1 Å². The molecule has 0 saturated carbocycles. The monoisotopic (exact) mass is 466 g/mol. The lowest BCUT2D eigenvalue weighted by atomic mass is 9.77. The second-order valence-electron chi connectivity index (χ2n) is 8.91. The first-order chi connectivity index (χ1) is 14.0. The fourth-order valence-corrected chi connectivity index (χ4v) is 6.30. The second kappa shape index (κ2) is 7.45. The Hall–Kier alpha value is -1.73. The Bertz CT molecular complexity index is 1140. The van der Waals surface area contributed by atoms with Gasteiger partial charge in [0, 0.05) is 27.7 Å². The number of aromatic hydroxyl groups is 1. The minimum absolute atomic E-state index is 0.0150. The lowest BCUT2D eigenvalue weighted by molar-refractivity contribution is 0.402. The van der Waals surface area contributed by atoms with Crippen LogP contribution in [-0.2, 0) is 10.0 Å². The Morgan fingerprint density at radius 1 is 1.13 bits per heavy atom. The molecule has 0 aromatic heterocycles. The quantitative estimate of drug-likeness (QED) is 0.514. The topological polar surface area (TPSA) is 78.4 Å². The van der Waals surface area contributed by atoms with E-state index in [1.54, 1.807) is 24.3 Å². The molecule has 1 aliphatic heterocycles. The number of allylic oxidation sites excluding steroid dienone is 2. The Kier molecular flexibility index (Phi) is 5.34. The molecule has 1 aliphatic carbocycles. The van der Waals surface area contributed by atoms with Crippen LogP contribution in [0.3, 0.4) is 0 Å². The molecule has 160 valence electrons. The van der Waals surface area contributed by atoms with E-state index in [1.807, 2.05) is 20.8 Å². The van der Waals surface area contributed by atoms with Crippen molar-refractivity contribution in [3.63, 3.8) is 0 Å². The predicted molar refractivity (Wildman–Crippen MR) is 121 cm³/mol. The molecule has 0 amide bonds. The van der Waals surface area contributed by atoms with Gasteiger partial charge in [0.2, 0.25) is 10.0 Å². The molecule has 0 spiro atoms. The molecule has 5 nitrogen and oxygen atoms in total. The number of halogens is 2. The van der Waals surface area contributed by atoms with Crippen LogP contribution in [0, 0.1) is 5.92 Å². The van der Waals surface area contributed by atoms with Crippen LogP contribution >= 0.6 is 23.2 Å². The Balaban J connectivity index is 1.77. The van der Waals surface area contributed by atoms with Crippen LogP contribution in [0.4, 0.5) is 5.69 Å². The van der Waals surface area contributed by atoms with E-state index in [9.17, 15) is 13.5 Å². The van der Waals surface area contributed by atoms with E-state index in [-0.39, 0.29) is 33.5 Å². The first-order valence-electron chi connectivity index (χ1n) is 9.75. The standard InChI is InChI=1S/C22H24Cl2N2O3S/c1-22(2,3)26-30(28,29)13-7-8-19-16(11-13)14-5-4-6-15(14)20(25-19)17-9-12(23)10-18(24)21(17)27/h4-5,7-11,14-15,20,25-27H,6H2,1-3H3. The van der Waals surface area contributed by atoms with E-state index < -0.39 is 15.6 Å². The van der Waals surface area contributed by atoms with Gasteiger partial charge in [-0.3, -0.25) is 0 Å². The Labute approximate surface area is 187 Å². The zero-order chi connectivity index (χ0) is 21.8. The van der Waals surface area contributed by atoms with Crippen molar-refractivity contribution in [2.45, 2.75) is 49.6 Å². The predicted octanol–water partition coefficient (Wildman–Crippen LogP) is 5.60. The summed E-state index contributed by atoms with van der Waals surface area (Å²) in [5.41, 5.74) is 1.83. The number of hydrogen-bond acceptors (Lipinski definition) is 4. The van der Waals surface area contributed by atoms with Gasteiger partial charge >= 0.3 is 0 Å². The van der Waals surface area contributed by atoms with Crippen LogP contribution in [0.5, 0.6) is 5.75 Å².